The van der Waals surface area contributed by atoms with Crippen molar-refractivity contribution in [3.8, 4) is 0 Å². The number of rotatable bonds is 5. The topological polar surface area (TPSA) is 111 Å². The first-order chi connectivity index (χ1) is 9.97. The Bertz CT molecular complexity index is 549. The first-order valence-electron chi connectivity index (χ1n) is 6.59. The van der Waals surface area contributed by atoms with Gasteiger partial charge in [0, 0.05) is 31.3 Å². The van der Waals surface area contributed by atoms with Crippen molar-refractivity contribution < 1.29 is 14.5 Å². The number of nitro groups is 1. The highest BCUT2D eigenvalue weighted by atomic mass is 16.6. The van der Waals surface area contributed by atoms with E-state index in [4.69, 9.17) is 10.5 Å². The number of primary amides is 1. The lowest BCUT2D eigenvalue weighted by molar-refractivity contribution is -0.384. The van der Waals surface area contributed by atoms with Gasteiger partial charge in [0.15, 0.2) is 0 Å². The molecule has 1 aromatic rings. The van der Waals surface area contributed by atoms with Crippen molar-refractivity contribution in [2.75, 3.05) is 38.6 Å². The van der Waals surface area contributed by atoms with Crippen molar-refractivity contribution in [1.82, 2.24) is 4.90 Å². The number of amides is 1. The highest BCUT2D eigenvalue weighted by molar-refractivity contribution is 5.94. The second kappa shape index (κ2) is 6.51. The van der Waals surface area contributed by atoms with Crippen LogP contribution in [-0.4, -0.2) is 55.1 Å². The average Bonchev–Trinajstić information content (AvgIpc) is 2.44. The number of morpholine rings is 1. The molecule has 0 aromatic heterocycles. The quantitative estimate of drug-likeness (QED) is 0.602. The third kappa shape index (κ3) is 3.89. The number of hydrogen-bond donors (Lipinski definition) is 2. The molecule has 1 aliphatic rings. The van der Waals surface area contributed by atoms with Crippen molar-refractivity contribution in [3.63, 3.8) is 0 Å². The average molecular weight is 294 g/mol. The van der Waals surface area contributed by atoms with E-state index in [9.17, 15) is 14.9 Å². The van der Waals surface area contributed by atoms with Gasteiger partial charge in [-0.3, -0.25) is 14.9 Å². The fourth-order valence-electron chi connectivity index (χ4n) is 2.20. The lowest BCUT2D eigenvalue weighted by atomic mass is 10.1. The Morgan fingerprint density at radius 1 is 1.62 bits per heavy atom. The van der Waals surface area contributed by atoms with Gasteiger partial charge in [-0.05, 0) is 19.2 Å². The molecule has 0 aliphatic carbocycles. The summed E-state index contributed by atoms with van der Waals surface area (Å²) in [6.07, 6.45) is -0.0550. The summed E-state index contributed by atoms with van der Waals surface area (Å²) in [4.78, 5) is 23.8. The van der Waals surface area contributed by atoms with Crippen LogP contribution in [0, 0.1) is 10.1 Å². The second-order valence-electron chi connectivity index (χ2n) is 4.99. The third-order valence-electron chi connectivity index (χ3n) is 3.34. The predicted octanol–water partition coefficient (Wildman–Crippen LogP) is 0.436. The van der Waals surface area contributed by atoms with Gasteiger partial charge >= 0.3 is 0 Å². The van der Waals surface area contributed by atoms with Crippen LogP contribution in [0.15, 0.2) is 18.2 Å². The minimum absolute atomic E-state index is 0.0550. The smallest absolute Gasteiger partial charge is 0.292 e. The number of nitrogens with two attached hydrogens (primary N) is 1. The number of carbonyl (C=O) groups is 1. The zero-order chi connectivity index (χ0) is 15.4. The molecule has 2 rings (SSSR count). The lowest BCUT2D eigenvalue weighted by Crippen LogP contribution is -2.43. The van der Waals surface area contributed by atoms with Gasteiger partial charge in [-0.25, -0.2) is 0 Å². The molecule has 0 radical (unpaired) electrons. The Hall–Kier alpha value is -2.19. The van der Waals surface area contributed by atoms with Crippen LogP contribution in [0.4, 0.5) is 11.4 Å². The molecule has 3 N–H and O–H groups in total. The van der Waals surface area contributed by atoms with Gasteiger partial charge in [0.1, 0.15) is 5.69 Å². The van der Waals surface area contributed by atoms with E-state index in [2.05, 4.69) is 10.2 Å². The molecule has 114 valence electrons. The van der Waals surface area contributed by atoms with Gasteiger partial charge in [-0.15, -0.1) is 0 Å². The maximum atomic E-state index is 11.2. The Labute approximate surface area is 122 Å². The molecule has 1 fully saturated rings. The van der Waals surface area contributed by atoms with Crippen LogP contribution >= 0.6 is 0 Å². The number of anilines is 1. The van der Waals surface area contributed by atoms with Gasteiger partial charge in [0.05, 0.1) is 17.6 Å². The predicted molar refractivity (Wildman–Crippen MR) is 77.3 cm³/mol. The van der Waals surface area contributed by atoms with Crippen molar-refractivity contribution >= 4 is 17.3 Å². The Morgan fingerprint density at radius 2 is 2.38 bits per heavy atom. The minimum Gasteiger partial charge on any atom is -0.377 e. The fourth-order valence-corrected chi connectivity index (χ4v) is 2.20. The number of nitrogens with zero attached hydrogens (tertiary/aromatic N) is 2. The first-order valence-corrected chi connectivity index (χ1v) is 6.59. The van der Waals surface area contributed by atoms with Crippen molar-refractivity contribution in [2.45, 2.75) is 6.10 Å². The SMILES string of the molecule is CN1CCOC(CNc2cc(C(N)=O)ccc2[N+](=O)[O-])C1. The zero-order valence-electron chi connectivity index (χ0n) is 11.7. The highest BCUT2D eigenvalue weighted by Gasteiger charge is 2.20. The fraction of sp³-hybridized carbons (Fsp3) is 0.462. The standard InChI is InChI=1S/C13H18N4O4/c1-16-4-5-21-10(8-16)7-15-11-6-9(13(14)18)2-3-12(11)17(19)20/h2-3,6,10,15H,4-5,7-8H2,1H3,(H2,14,18). The second-order valence-corrected chi connectivity index (χ2v) is 4.99. The molecule has 1 atom stereocenters. The number of benzene rings is 1. The molecular formula is C13H18N4O4. The summed E-state index contributed by atoms with van der Waals surface area (Å²) >= 11 is 0. The number of ether oxygens (including phenoxy) is 1. The van der Waals surface area contributed by atoms with E-state index >= 15 is 0 Å². The van der Waals surface area contributed by atoms with E-state index < -0.39 is 10.8 Å². The molecule has 0 bridgehead atoms. The highest BCUT2D eigenvalue weighted by Crippen LogP contribution is 2.25. The molecule has 1 aromatic carbocycles. The molecule has 1 heterocycles. The van der Waals surface area contributed by atoms with E-state index in [0.29, 0.717) is 13.2 Å². The molecule has 0 spiro atoms. The molecule has 1 saturated heterocycles. The molecule has 21 heavy (non-hydrogen) atoms. The van der Waals surface area contributed by atoms with Crippen molar-refractivity contribution in [2.24, 2.45) is 5.73 Å². The van der Waals surface area contributed by atoms with E-state index in [1.807, 2.05) is 7.05 Å². The Morgan fingerprint density at radius 3 is 3.00 bits per heavy atom. The summed E-state index contributed by atoms with van der Waals surface area (Å²) in [6, 6.07) is 4.01. The van der Waals surface area contributed by atoms with Crippen LogP contribution in [0.25, 0.3) is 0 Å². The largest absolute Gasteiger partial charge is 0.377 e. The van der Waals surface area contributed by atoms with Gasteiger partial charge in [-0.1, -0.05) is 0 Å². The monoisotopic (exact) mass is 294 g/mol. The minimum atomic E-state index is -0.624. The number of nitrogens with one attached hydrogen (secondary N) is 1. The number of likely N-dealkylation sites (N-methyl/N-ethyl adjacent to an activating group) is 1. The van der Waals surface area contributed by atoms with Crippen molar-refractivity contribution in [1.29, 1.82) is 0 Å². The Balaban J connectivity index is 2.11. The van der Waals surface area contributed by atoms with E-state index in [-0.39, 0.29) is 23.0 Å². The Kier molecular flexibility index (Phi) is 4.71. The van der Waals surface area contributed by atoms with E-state index in [1.54, 1.807) is 0 Å². The van der Waals surface area contributed by atoms with Gasteiger partial charge in [0.25, 0.3) is 5.69 Å². The molecule has 1 amide bonds. The molecule has 8 heteroatoms. The molecule has 1 aliphatic heterocycles. The summed E-state index contributed by atoms with van der Waals surface area (Å²) in [5.41, 5.74) is 5.60. The van der Waals surface area contributed by atoms with E-state index in [0.717, 1.165) is 13.1 Å². The zero-order valence-corrected chi connectivity index (χ0v) is 11.7. The van der Waals surface area contributed by atoms with Crippen LogP contribution in [0.3, 0.4) is 0 Å². The summed E-state index contributed by atoms with van der Waals surface area (Å²) < 4.78 is 5.58. The summed E-state index contributed by atoms with van der Waals surface area (Å²) in [5.74, 6) is -0.624. The first kappa shape index (κ1) is 15.2. The summed E-state index contributed by atoms with van der Waals surface area (Å²) in [6.45, 7) is 2.67. The van der Waals surface area contributed by atoms with Gasteiger partial charge in [-0.2, -0.15) is 0 Å². The third-order valence-corrected chi connectivity index (χ3v) is 3.34. The number of nitro benzene ring substituents is 1. The molecular weight excluding hydrogens is 276 g/mol. The molecule has 8 nitrogen and oxygen atoms in total. The summed E-state index contributed by atoms with van der Waals surface area (Å²) in [5, 5.41) is 14.0. The van der Waals surface area contributed by atoms with Crippen LogP contribution < -0.4 is 11.1 Å². The van der Waals surface area contributed by atoms with Crippen molar-refractivity contribution in [3.05, 3.63) is 33.9 Å². The molecule has 0 saturated carbocycles. The maximum absolute atomic E-state index is 11.2. The van der Waals surface area contributed by atoms with Crippen LogP contribution in [0.5, 0.6) is 0 Å². The van der Waals surface area contributed by atoms with E-state index in [1.165, 1.54) is 18.2 Å². The van der Waals surface area contributed by atoms with Crippen LogP contribution in [0.2, 0.25) is 0 Å². The lowest BCUT2D eigenvalue weighted by Gasteiger charge is -2.30. The van der Waals surface area contributed by atoms with Gasteiger partial charge < -0.3 is 20.7 Å². The summed E-state index contributed by atoms with van der Waals surface area (Å²) in [7, 11) is 1.99. The number of carbonyl (C=O) groups excluding carboxylic acids is 1. The van der Waals surface area contributed by atoms with Crippen LogP contribution in [0.1, 0.15) is 10.4 Å². The normalized spacial score (nSPS) is 19.2. The molecule has 1 unspecified atom stereocenters. The maximum Gasteiger partial charge on any atom is 0.292 e. The van der Waals surface area contributed by atoms with Gasteiger partial charge in [0.2, 0.25) is 5.91 Å². The number of hydrogen-bond acceptors (Lipinski definition) is 6. The van der Waals surface area contributed by atoms with Crippen LogP contribution in [-0.2, 0) is 4.74 Å².